The number of amides is 1. The molecule has 1 amide bonds. The van der Waals surface area contributed by atoms with Crippen LogP contribution in [-0.4, -0.2) is 51.0 Å². The van der Waals surface area contributed by atoms with Crippen LogP contribution in [0.4, 0.5) is 0 Å². The molecule has 25 heavy (non-hydrogen) atoms. The number of H-pyrrole nitrogens is 1. The largest absolute Gasteiger partial charge is 0.445 e. The van der Waals surface area contributed by atoms with Crippen LogP contribution in [0.3, 0.4) is 0 Å². The molecule has 1 atom stereocenters. The Balaban J connectivity index is 1.38. The summed E-state index contributed by atoms with van der Waals surface area (Å²) in [6, 6.07) is 5.35. The molecule has 8 heteroatoms. The van der Waals surface area contributed by atoms with Crippen molar-refractivity contribution in [1.29, 1.82) is 0 Å². The second-order valence-electron chi connectivity index (χ2n) is 6.49. The first-order valence-electron chi connectivity index (χ1n) is 8.44. The Morgan fingerprint density at radius 3 is 3.08 bits per heavy atom. The number of aromatic amines is 1. The Morgan fingerprint density at radius 2 is 2.20 bits per heavy atom. The highest BCUT2D eigenvalue weighted by Gasteiger charge is 2.29. The monoisotopic (exact) mass is 339 g/mol. The van der Waals surface area contributed by atoms with E-state index >= 15 is 0 Å². The van der Waals surface area contributed by atoms with Gasteiger partial charge in [0.2, 0.25) is 0 Å². The van der Waals surface area contributed by atoms with E-state index in [0.717, 1.165) is 35.9 Å². The van der Waals surface area contributed by atoms with Crippen molar-refractivity contribution >= 4 is 16.9 Å². The molecule has 2 aliphatic rings. The van der Waals surface area contributed by atoms with Gasteiger partial charge in [-0.15, -0.1) is 0 Å². The third-order valence-electron chi connectivity index (χ3n) is 4.87. The summed E-state index contributed by atoms with van der Waals surface area (Å²) in [6.45, 7) is 2.52. The molecule has 2 aliphatic heterocycles. The van der Waals surface area contributed by atoms with Gasteiger partial charge in [-0.2, -0.15) is 15.4 Å². The minimum Gasteiger partial charge on any atom is -0.445 e. The Morgan fingerprint density at radius 1 is 1.28 bits per heavy atom. The van der Waals surface area contributed by atoms with E-state index in [1.807, 2.05) is 0 Å². The van der Waals surface area contributed by atoms with Crippen LogP contribution in [0.5, 0.6) is 0 Å². The number of carbonyl (C=O) groups is 1. The summed E-state index contributed by atoms with van der Waals surface area (Å²) in [7, 11) is 0. The van der Waals surface area contributed by atoms with E-state index in [2.05, 4.69) is 20.4 Å². The zero-order valence-electron chi connectivity index (χ0n) is 13.6. The molecule has 3 aromatic rings. The number of rotatable bonds is 2. The SMILES string of the molecule is O=C(c1ccc2n[nH]nc2c1)N1CCc2oc(C3CCOC3)nc2C1. The van der Waals surface area contributed by atoms with Crippen LogP contribution < -0.4 is 0 Å². The highest BCUT2D eigenvalue weighted by Crippen LogP contribution is 2.29. The minimum atomic E-state index is -0.0238. The van der Waals surface area contributed by atoms with Crippen LogP contribution >= 0.6 is 0 Å². The van der Waals surface area contributed by atoms with Crippen molar-refractivity contribution in [2.24, 2.45) is 0 Å². The van der Waals surface area contributed by atoms with Crippen molar-refractivity contribution in [1.82, 2.24) is 25.3 Å². The van der Waals surface area contributed by atoms with Gasteiger partial charge in [0.15, 0.2) is 5.89 Å². The van der Waals surface area contributed by atoms with Gasteiger partial charge in [-0.1, -0.05) is 0 Å². The predicted molar refractivity (Wildman–Crippen MR) is 87.0 cm³/mol. The lowest BCUT2D eigenvalue weighted by Gasteiger charge is -2.25. The molecule has 1 N–H and O–H groups in total. The number of fused-ring (bicyclic) bond motifs is 2. The number of nitrogens with one attached hydrogen (secondary N) is 1. The van der Waals surface area contributed by atoms with Gasteiger partial charge in [-0.3, -0.25) is 4.79 Å². The summed E-state index contributed by atoms with van der Waals surface area (Å²) >= 11 is 0. The Hall–Kier alpha value is -2.74. The van der Waals surface area contributed by atoms with Gasteiger partial charge < -0.3 is 14.1 Å². The van der Waals surface area contributed by atoms with Gasteiger partial charge in [0.05, 0.1) is 19.1 Å². The van der Waals surface area contributed by atoms with Crippen LogP contribution in [-0.2, 0) is 17.7 Å². The van der Waals surface area contributed by atoms with Crippen molar-refractivity contribution in [3.8, 4) is 0 Å². The number of carbonyl (C=O) groups excluding carboxylic acids is 1. The van der Waals surface area contributed by atoms with E-state index in [9.17, 15) is 4.79 Å². The molecule has 4 heterocycles. The summed E-state index contributed by atoms with van der Waals surface area (Å²) in [4.78, 5) is 19.3. The number of hydrogen-bond donors (Lipinski definition) is 1. The number of benzene rings is 1. The molecule has 0 saturated carbocycles. The second kappa shape index (κ2) is 5.66. The van der Waals surface area contributed by atoms with Crippen LogP contribution in [0.25, 0.3) is 11.0 Å². The fourth-order valence-corrected chi connectivity index (χ4v) is 3.45. The highest BCUT2D eigenvalue weighted by atomic mass is 16.5. The molecular weight excluding hydrogens is 322 g/mol. The highest BCUT2D eigenvalue weighted by molar-refractivity contribution is 5.97. The third-order valence-corrected chi connectivity index (χ3v) is 4.87. The molecule has 1 unspecified atom stereocenters. The maximum atomic E-state index is 12.8. The quantitative estimate of drug-likeness (QED) is 0.762. The first-order valence-corrected chi connectivity index (χ1v) is 8.44. The first-order chi connectivity index (χ1) is 12.3. The van der Waals surface area contributed by atoms with Crippen LogP contribution in [0.15, 0.2) is 22.6 Å². The van der Waals surface area contributed by atoms with E-state index < -0.39 is 0 Å². The average molecular weight is 339 g/mol. The van der Waals surface area contributed by atoms with Gasteiger partial charge in [0.25, 0.3) is 5.91 Å². The Bertz CT molecular complexity index is 941. The lowest BCUT2D eigenvalue weighted by atomic mass is 10.1. The van der Waals surface area contributed by atoms with Crippen molar-refractivity contribution in [3.63, 3.8) is 0 Å². The molecule has 1 aromatic carbocycles. The normalized spacial score (nSPS) is 20.2. The van der Waals surface area contributed by atoms with E-state index in [4.69, 9.17) is 9.15 Å². The molecule has 1 saturated heterocycles. The van der Waals surface area contributed by atoms with Crippen molar-refractivity contribution < 1.29 is 13.9 Å². The first kappa shape index (κ1) is 14.6. The Labute approximate surface area is 143 Å². The zero-order valence-corrected chi connectivity index (χ0v) is 13.6. The van der Waals surface area contributed by atoms with E-state index in [-0.39, 0.29) is 11.8 Å². The lowest BCUT2D eigenvalue weighted by molar-refractivity contribution is 0.0728. The molecule has 5 rings (SSSR count). The molecule has 1 fully saturated rings. The second-order valence-corrected chi connectivity index (χ2v) is 6.49. The topological polar surface area (TPSA) is 97.1 Å². The summed E-state index contributed by atoms with van der Waals surface area (Å²) in [5.41, 5.74) is 2.91. The average Bonchev–Trinajstić information content (AvgIpc) is 3.39. The van der Waals surface area contributed by atoms with E-state index in [1.165, 1.54) is 0 Å². The van der Waals surface area contributed by atoms with Crippen LogP contribution in [0.2, 0.25) is 0 Å². The summed E-state index contributed by atoms with van der Waals surface area (Å²) in [5.74, 6) is 1.87. The number of aromatic nitrogens is 4. The van der Waals surface area contributed by atoms with E-state index in [0.29, 0.717) is 37.2 Å². The summed E-state index contributed by atoms with van der Waals surface area (Å²) in [5, 5.41) is 10.6. The molecule has 2 aromatic heterocycles. The van der Waals surface area contributed by atoms with Gasteiger partial charge in [0, 0.05) is 25.1 Å². The predicted octanol–water partition coefficient (Wildman–Crippen LogP) is 1.65. The number of ether oxygens (including phenoxy) is 1. The lowest BCUT2D eigenvalue weighted by Crippen LogP contribution is -2.35. The zero-order chi connectivity index (χ0) is 16.8. The maximum Gasteiger partial charge on any atom is 0.254 e. The Kier molecular flexibility index (Phi) is 3.30. The fourth-order valence-electron chi connectivity index (χ4n) is 3.45. The number of oxazole rings is 1. The van der Waals surface area contributed by atoms with Gasteiger partial charge in [0.1, 0.15) is 22.5 Å². The summed E-state index contributed by atoms with van der Waals surface area (Å²) < 4.78 is 11.3. The fraction of sp³-hybridized carbons (Fsp3) is 0.412. The van der Waals surface area contributed by atoms with Gasteiger partial charge >= 0.3 is 0 Å². The van der Waals surface area contributed by atoms with Gasteiger partial charge in [-0.05, 0) is 24.6 Å². The van der Waals surface area contributed by atoms with Crippen molar-refractivity contribution in [2.75, 3.05) is 19.8 Å². The summed E-state index contributed by atoms with van der Waals surface area (Å²) in [6.07, 6.45) is 1.63. The molecule has 0 spiro atoms. The van der Waals surface area contributed by atoms with E-state index in [1.54, 1.807) is 23.1 Å². The standard InChI is InChI=1S/C17H17N5O3/c23-17(10-1-2-12-13(7-10)20-21-19-12)22-5-3-15-14(8-22)18-16(25-15)11-4-6-24-9-11/h1-2,7,11H,3-6,8-9H2,(H,19,20,21). The molecule has 0 bridgehead atoms. The minimum absolute atomic E-state index is 0.0238. The maximum absolute atomic E-state index is 12.8. The molecule has 0 aliphatic carbocycles. The molecular formula is C17H17N5O3. The van der Waals surface area contributed by atoms with Crippen LogP contribution in [0, 0.1) is 0 Å². The van der Waals surface area contributed by atoms with Crippen LogP contribution in [0.1, 0.15) is 40.0 Å². The molecule has 128 valence electrons. The number of hydrogen-bond acceptors (Lipinski definition) is 6. The molecule has 8 nitrogen and oxygen atoms in total. The van der Waals surface area contributed by atoms with Crippen molar-refractivity contribution in [3.05, 3.63) is 41.1 Å². The van der Waals surface area contributed by atoms with Crippen molar-refractivity contribution in [2.45, 2.75) is 25.3 Å². The third kappa shape index (κ3) is 2.49. The smallest absolute Gasteiger partial charge is 0.254 e. The number of nitrogens with zero attached hydrogens (tertiary/aromatic N) is 4. The van der Waals surface area contributed by atoms with Gasteiger partial charge in [-0.25, -0.2) is 4.98 Å². The molecule has 0 radical (unpaired) electrons.